The van der Waals surface area contributed by atoms with E-state index in [0.717, 1.165) is 38.8 Å². The summed E-state index contributed by atoms with van der Waals surface area (Å²) in [5, 5.41) is 0. The highest BCUT2D eigenvalue weighted by Crippen LogP contribution is 2.24. The number of rotatable bonds is 2. The number of piperidine rings is 1. The van der Waals surface area contributed by atoms with Crippen molar-refractivity contribution >= 4 is 11.8 Å². The summed E-state index contributed by atoms with van der Waals surface area (Å²) in [4.78, 5) is 27.6. The summed E-state index contributed by atoms with van der Waals surface area (Å²) in [7, 11) is 0. The zero-order valence-electron chi connectivity index (χ0n) is 11.1. The van der Waals surface area contributed by atoms with E-state index < -0.39 is 0 Å². The first-order valence-corrected chi connectivity index (χ1v) is 6.89. The maximum atomic E-state index is 12.5. The second-order valence-electron chi connectivity index (χ2n) is 5.37. The van der Waals surface area contributed by atoms with Gasteiger partial charge in [0.2, 0.25) is 11.8 Å². The Morgan fingerprint density at radius 2 is 1.94 bits per heavy atom. The summed E-state index contributed by atoms with van der Waals surface area (Å²) in [5.41, 5.74) is 5.71. The number of hydrogen-bond acceptors (Lipinski definition) is 3. The molecule has 0 saturated carbocycles. The van der Waals surface area contributed by atoms with Crippen LogP contribution < -0.4 is 5.73 Å². The molecule has 0 radical (unpaired) electrons. The van der Waals surface area contributed by atoms with E-state index in [0.29, 0.717) is 13.1 Å². The van der Waals surface area contributed by atoms with E-state index >= 15 is 0 Å². The van der Waals surface area contributed by atoms with E-state index in [-0.39, 0.29) is 23.8 Å². The molecule has 0 aromatic carbocycles. The first-order valence-electron chi connectivity index (χ1n) is 6.89. The van der Waals surface area contributed by atoms with E-state index in [1.54, 1.807) is 11.8 Å². The molecule has 0 aromatic rings. The fourth-order valence-corrected chi connectivity index (χ4v) is 3.07. The molecule has 0 aliphatic carbocycles. The minimum absolute atomic E-state index is 0.0187. The van der Waals surface area contributed by atoms with Crippen LogP contribution >= 0.6 is 0 Å². The van der Waals surface area contributed by atoms with Crippen molar-refractivity contribution in [2.75, 3.05) is 26.2 Å². The van der Waals surface area contributed by atoms with Crippen LogP contribution in [0.3, 0.4) is 0 Å². The number of carbonyl (C=O) groups excluding carboxylic acids is 2. The van der Waals surface area contributed by atoms with Crippen LogP contribution in [0.4, 0.5) is 0 Å². The number of carbonyl (C=O) groups is 2. The molecule has 2 atom stereocenters. The average molecular weight is 253 g/mol. The molecular weight excluding hydrogens is 230 g/mol. The summed E-state index contributed by atoms with van der Waals surface area (Å²) >= 11 is 0. The van der Waals surface area contributed by atoms with E-state index in [1.807, 2.05) is 4.90 Å². The zero-order chi connectivity index (χ0) is 13.1. The van der Waals surface area contributed by atoms with Crippen LogP contribution in [0.5, 0.6) is 0 Å². The lowest BCUT2D eigenvalue weighted by Gasteiger charge is -2.35. The van der Waals surface area contributed by atoms with Gasteiger partial charge in [0, 0.05) is 39.1 Å². The maximum Gasteiger partial charge on any atom is 0.227 e. The zero-order valence-corrected chi connectivity index (χ0v) is 11.1. The lowest BCUT2D eigenvalue weighted by Crippen LogP contribution is -2.48. The largest absolute Gasteiger partial charge is 0.342 e. The van der Waals surface area contributed by atoms with Crippen molar-refractivity contribution < 1.29 is 9.59 Å². The predicted octanol–water partition coefficient (Wildman–Crippen LogP) is 0.195. The SMILES string of the molecule is CC(=O)N1CCCC(C(=O)N2CCCC2CN)C1. The van der Waals surface area contributed by atoms with Crippen LogP contribution in [0, 0.1) is 5.92 Å². The molecule has 18 heavy (non-hydrogen) atoms. The van der Waals surface area contributed by atoms with E-state index in [4.69, 9.17) is 5.73 Å². The summed E-state index contributed by atoms with van der Waals surface area (Å²) in [6.07, 6.45) is 3.90. The Balaban J connectivity index is 1.98. The fraction of sp³-hybridized carbons (Fsp3) is 0.846. The number of likely N-dealkylation sites (tertiary alicyclic amines) is 2. The van der Waals surface area contributed by atoms with Gasteiger partial charge in [0.15, 0.2) is 0 Å². The van der Waals surface area contributed by atoms with Gasteiger partial charge < -0.3 is 15.5 Å². The molecule has 2 rings (SSSR count). The van der Waals surface area contributed by atoms with Crippen molar-refractivity contribution in [3.8, 4) is 0 Å². The van der Waals surface area contributed by atoms with E-state index in [2.05, 4.69) is 0 Å². The monoisotopic (exact) mass is 253 g/mol. The molecule has 2 fully saturated rings. The third-order valence-electron chi connectivity index (χ3n) is 4.15. The molecule has 2 amide bonds. The minimum Gasteiger partial charge on any atom is -0.342 e. The molecular formula is C13H23N3O2. The van der Waals surface area contributed by atoms with Crippen LogP contribution in [0.15, 0.2) is 0 Å². The quantitative estimate of drug-likeness (QED) is 0.764. The molecule has 2 heterocycles. The van der Waals surface area contributed by atoms with Crippen molar-refractivity contribution in [1.29, 1.82) is 0 Å². The average Bonchev–Trinajstić information content (AvgIpc) is 2.86. The summed E-state index contributed by atoms with van der Waals surface area (Å²) in [5.74, 6) is 0.257. The van der Waals surface area contributed by atoms with Crippen molar-refractivity contribution in [2.45, 2.75) is 38.6 Å². The molecule has 2 N–H and O–H groups in total. The predicted molar refractivity (Wildman–Crippen MR) is 68.8 cm³/mol. The Hall–Kier alpha value is -1.10. The minimum atomic E-state index is -0.0187. The Kier molecular flexibility index (Phi) is 4.22. The van der Waals surface area contributed by atoms with Gasteiger partial charge in [0.05, 0.1) is 5.92 Å². The van der Waals surface area contributed by atoms with Crippen LogP contribution in [-0.4, -0.2) is 53.8 Å². The molecule has 2 aliphatic rings. The summed E-state index contributed by atoms with van der Waals surface area (Å²) < 4.78 is 0. The number of amides is 2. The van der Waals surface area contributed by atoms with Gasteiger partial charge in [0.1, 0.15) is 0 Å². The van der Waals surface area contributed by atoms with E-state index in [9.17, 15) is 9.59 Å². The maximum absolute atomic E-state index is 12.5. The van der Waals surface area contributed by atoms with Gasteiger partial charge in [-0.2, -0.15) is 0 Å². The van der Waals surface area contributed by atoms with Crippen LogP contribution in [-0.2, 0) is 9.59 Å². The van der Waals surface area contributed by atoms with Gasteiger partial charge in [-0.05, 0) is 25.7 Å². The molecule has 0 aromatic heterocycles. The van der Waals surface area contributed by atoms with Gasteiger partial charge in [-0.25, -0.2) is 0 Å². The Morgan fingerprint density at radius 1 is 1.22 bits per heavy atom. The summed E-state index contributed by atoms with van der Waals surface area (Å²) in [6, 6.07) is 0.213. The van der Waals surface area contributed by atoms with Gasteiger partial charge in [-0.1, -0.05) is 0 Å². The van der Waals surface area contributed by atoms with Gasteiger partial charge in [-0.15, -0.1) is 0 Å². The molecule has 2 saturated heterocycles. The van der Waals surface area contributed by atoms with Crippen molar-refractivity contribution in [3.63, 3.8) is 0 Å². The Morgan fingerprint density at radius 3 is 2.61 bits per heavy atom. The highest BCUT2D eigenvalue weighted by atomic mass is 16.2. The standard InChI is InChI=1S/C13H23N3O2/c1-10(17)15-6-2-4-11(9-15)13(18)16-7-3-5-12(16)8-14/h11-12H,2-9,14H2,1H3. The van der Waals surface area contributed by atoms with Gasteiger partial charge in [0.25, 0.3) is 0 Å². The van der Waals surface area contributed by atoms with Crippen molar-refractivity contribution in [1.82, 2.24) is 9.80 Å². The van der Waals surface area contributed by atoms with E-state index in [1.165, 1.54) is 0 Å². The van der Waals surface area contributed by atoms with Crippen LogP contribution in [0.25, 0.3) is 0 Å². The first kappa shape index (κ1) is 13.3. The molecule has 2 unspecified atom stereocenters. The Bertz CT molecular complexity index is 332. The topological polar surface area (TPSA) is 66.6 Å². The van der Waals surface area contributed by atoms with Crippen molar-refractivity contribution in [2.24, 2.45) is 11.7 Å². The second-order valence-corrected chi connectivity index (χ2v) is 5.37. The van der Waals surface area contributed by atoms with Gasteiger partial charge in [-0.3, -0.25) is 9.59 Å². The Labute approximate surface area is 108 Å². The normalized spacial score (nSPS) is 28.6. The van der Waals surface area contributed by atoms with Gasteiger partial charge >= 0.3 is 0 Å². The molecule has 0 spiro atoms. The number of nitrogens with two attached hydrogens (primary N) is 1. The lowest BCUT2D eigenvalue weighted by molar-refractivity contribution is -0.140. The van der Waals surface area contributed by atoms with Crippen molar-refractivity contribution in [3.05, 3.63) is 0 Å². The third-order valence-corrected chi connectivity index (χ3v) is 4.15. The third kappa shape index (κ3) is 2.66. The van der Waals surface area contributed by atoms with Crippen LogP contribution in [0.2, 0.25) is 0 Å². The molecule has 0 bridgehead atoms. The summed E-state index contributed by atoms with van der Waals surface area (Å²) in [6.45, 7) is 4.33. The first-order chi connectivity index (χ1) is 8.63. The molecule has 5 heteroatoms. The molecule has 102 valence electrons. The number of nitrogens with zero attached hydrogens (tertiary/aromatic N) is 2. The highest BCUT2D eigenvalue weighted by Gasteiger charge is 2.34. The van der Waals surface area contributed by atoms with Crippen LogP contribution in [0.1, 0.15) is 32.6 Å². The fourth-order valence-electron chi connectivity index (χ4n) is 3.07. The second kappa shape index (κ2) is 5.69. The molecule has 2 aliphatic heterocycles. The molecule has 5 nitrogen and oxygen atoms in total. The number of hydrogen-bond donors (Lipinski definition) is 1. The highest BCUT2D eigenvalue weighted by molar-refractivity contribution is 5.81. The smallest absolute Gasteiger partial charge is 0.227 e. The lowest BCUT2D eigenvalue weighted by atomic mass is 9.96.